The van der Waals surface area contributed by atoms with Crippen LogP contribution in [0.3, 0.4) is 0 Å². The number of halogens is 2. The van der Waals surface area contributed by atoms with Crippen molar-refractivity contribution in [2.45, 2.75) is 109 Å². The number of carbonyl (C=O) groups is 2. The normalized spacial score (nSPS) is 21.1. The highest BCUT2D eigenvalue weighted by molar-refractivity contribution is 5.94. The van der Waals surface area contributed by atoms with Gasteiger partial charge in [0.15, 0.2) is 0 Å². The fourth-order valence-electron chi connectivity index (χ4n) is 6.03. The predicted octanol–water partition coefficient (Wildman–Crippen LogP) is 4.82. The van der Waals surface area contributed by atoms with Gasteiger partial charge in [-0.25, -0.2) is 18.4 Å². The Labute approximate surface area is 285 Å². The summed E-state index contributed by atoms with van der Waals surface area (Å²) in [6.45, 7) is 11.1. The van der Waals surface area contributed by atoms with Gasteiger partial charge in [-0.1, -0.05) is 11.2 Å². The van der Waals surface area contributed by atoms with Crippen LogP contribution in [0.2, 0.25) is 0 Å². The SMILES string of the molecule is C[C@H](Oc1cc(O[C@H]2CCN(C(=O)OC(C)(C)C)[C@H](CC#N)C2)nc(C(N)=NOC(=O)C(C)(C)c2c(F)cccc2F)n1)[C@@H]1CCCN1C. The number of hydrogen-bond donors (Lipinski definition) is 1. The van der Waals surface area contributed by atoms with Gasteiger partial charge in [0.1, 0.15) is 29.4 Å². The molecule has 4 rings (SSSR count). The summed E-state index contributed by atoms with van der Waals surface area (Å²) in [5, 5.41) is 13.2. The van der Waals surface area contributed by atoms with Crippen LogP contribution in [-0.4, -0.2) is 87.7 Å². The number of likely N-dealkylation sites (N-methyl/N-ethyl adjacent to an activating group) is 1. The molecule has 0 aliphatic carbocycles. The first kappa shape index (κ1) is 37.2. The topological polar surface area (TPSA) is 165 Å². The minimum atomic E-state index is -1.75. The number of nitrogens with zero attached hydrogens (tertiary/aromatic N) is 6. The molecule has 2 saturated heterocycles. The number of aromatic nitrogens is 2. The number of amidine groups is 1. The Bertz CT molecular complexity index is 1570. The largest absolute Gasteiger partial charge is 0.474 e. The molecule has 2 aromatic rings. The van der Waals surface area contributed by atoms with Gasteiger partial charge in [-0.15, -0.1) is 0 Å². The minimum absolute atomic E-state index is 0.0764. The zero-order valence-corrected chi connectivity index (χ0v) is 29.0. The molecule has 2 aliphatic heterocycles. The number of piperidine rings is 1. The molecule has 2 N–H and O–H groups in total. The first-order chi connectivity index (χ1) is 23.0. The number of nitriles is 1. The molecule has 1 aromatic heterocycles. The third-order valence-electron chi connectivity index (χ3n) is 8.57. The average molecular weight is 686 g/mol. The molecule has 3 heterocycles. The fourth-order valence-corrected chi connectivity index (χ4v) is 6.03. The zero-order valence-electron chi connectivity index (χ0n) is 29.0. The Kier molecular flexibility index (Phi) is 11.6. The highest BCUT2D eigenvalue weighted by Gasteiger charge is 2.38. The van der Waals surface area contributed by atoms with Crippen molar-refractivity contribution in [3.63, 3.8) is 0 Å². The van der Waals surface area contributed by atoms with Gasteiger partial charge in [-0.3, -0.25) is 4.90 Å². The van der Waals surface area contributed by atoms with Gasteiger partial charge in [0.05, 0.1) is 30.0 Å². The molecule has 1 amide bonds. The summed E-state index contributed by atoms with van der Waals surface area (Å²) in [6.07, 6.45) is 1.57. The molecule has 2 fully saturated rings. The summed E-state index contributed by atoms with van der Waals surface area (Å²) in [4.78, 5) is 43.4. The molecule has 1 aromatic carbocycles. The van der Waals surface area contributed by atoms with E-state index in [1.54, 1.807) is 25.7 Å². The van der Waals surface area contributed by atoms with Gasteiger partial charge in [0, 0.05) is 31.0 Å². The molecular weight excluding hydrogens is 640 g/mol. The molecule has 13 nitrogen and oxygen atoms in total. The lowest BCUT2D eigenvalue weighted by atomic mass is 9.84. The number of carbonyl (C=O) groups excluding carboxylic acids is 2. The third kappa shape index (κ3) is 9.32. The second kappa shape index (κ2) is 15.3. The molecule has 0 radical (unpaired) electrons. The number of oxime groups is 1. The van der Waals surface area contributed by atoms with E-state index in [1.165, 1.54) is 26.0 Å². The summed E-state index contributed by atoms with van der Waals surface area (Å²) in [5.41, 5.74) is 3.25. The van der Waals surface area contributed by atoms with Crippen LogP contribution in [0, 0.1) is 23.0 Å². The van der Waals surface area contributed by atoms with Gasteiger partial charge < -0.3 is 29.7 Å². The fraction of sp³-hybridized carbons (Fsp3) is 0.588. The lowest BCUT2D eigenvalue weighted by Crippen LogP contribution is -2.50. The maximum atomic E-state index is 14.5. The molecule has 0 bridgehead atoms. The second-order valence-corrected chi connectivity index (χ2v) is 13.9. The molecule has 49 heavy (non-hydrogen) atoms. The number of hydrogen-bond acceptors (Lipinski definition) is 11. The minimum Gasteiger partial charge on any atom is -0.474 e. The van der Waals surface area contributed by atoms with E-state index in [9.17, 15) is 23.6 Å². The molecule has 0 unspecified atom stereocenters. The number of benzene rings is 1. The third-order valence-corrected chi connectivity index (χ3v) is 8.57. The molecule has 0 spiro atoms. The Hall–Kier alpha value is -4.58. The number of nitrogens with two attached hydrogens (primary N) is 1. The van der Waals surface area contributed by atoms with E-state index in [0.717, 1.165) is 31.5 Å². The monoisotopic (exact) mass is 685 g/mol. The van der Waals surface area contributed by atoms with Gasteiger partial charge >= 0.3 is 12.1 Å². The molecular formula is C34H45F2N7O6. The Balaban J connectivity index is 1.58. The summed E-state index contributed by atoms with van der Waals surface area (Å²) in [7, 11) is 2.02. The summed E-state index contributed by atoms with van der Waals surface area (Å²) in [5.74, 6) is -3.28. The Morgan fingerprint density at radius 1 is 1.12 bits per heavy atom. The lowest BCUT2D eigenvalue weighted by Gasteiger charge is -2.38. The first-order valence-corrected chi connectivity index (χ1v) is 16.3. The van der Waals surface area contributed by atoms with Crippen LogP contribution in [-0.2, 0) is 19.8 Å². The summed E-state index contributed by atoms with van der Waals surface area (Å²) >= 11 is 0. The van der Waals surface area contributed by atoms with E-state index in [0.29, 0.717) is 12.8 Å². The Morgan fingerprint density at radius 3 is 2.41 bits per heavy atom. The van der Waals surface area contributed by atoms with Crippen molar-refractivity contribution in [2.75, 3.05) is 20.1 Å². The van der Waals surface area contributed by atoms with Crippen LogP contribution in [0.5, 0.6) is 11.8 Å². The molecule has 15 heteroatoms. The van der Waals surface area contributed by atoms with E-state index in [1.807, 2.05) is 14.0 Å². The van der Waals surface area contributed by atoms with Gasteiger partial charge in [0.2, 0.25) is 23.4 Å². The first-order valence-electron chi connectivity index (χ1n) is 16.3. The average Bonchev–Trinajstić information content (AvgIpc) is 3.44. The van der Waals surface area contributed by atoms with Crippen LogP contribution in [0.15, 0.2) is 29.4 Å². The Morgan fingerprint density at radius 2 is 1.80 bits per heavy atom. The van der Waals surface area contributed by atoms with Crippen LogP contribution < -0.4 is 15.2 Å². The lowest BCUT2D eigenvalue weighted by molar-refractivity contribution is -0.149. The number of amides is 1. The van der Waals surface area contributed by atoms with Crippen LogP contribution in [0.1, 0.15) is 85.0 Å². The van der Waals surface area contributed by atoms with Crippen molar-refractivity contribution >= 4 is 17.9 Å². The van der Waals surface area contributed by atoms with Crippen molar-refractivity contribution in [3.8, 4) is 17.8 Å². The van der Waals surface area contributed by atoms with Crippen molar-refractivity contribution in [3.05, 3.63) is 47.3 Å². The molecule has 266 valence electrons. The zero-order chi connectivity index (χ0) is 36.1. The van der Waals surface area contributed by atoms with Gasteiger partial charge in [0.25, 0.3) is 0 Å². The maximum Gasteiger partial charge on any atom is 0.410 e. The molecule has 4 atom stereocenters. The number of ether oxygens (including phenoxy) is 3. The smallest absolute Gasteiger partial charge is 0.410 e. The second-order valence-electron chi connectivity index (χ2n) is 13.9. The van der Waals surface area contributed by atoms with Gasteiger partial charge in [-0.2, -0.15) is 15.2 Å². The van der Waals surface area contributed by atoms with Crippen LogP contribution in [0.4, 0.5) is 13.6 Å². The number of rotatable bonds is 10. The molecule has 2 aliphatic rings. The maximum absolute atomic E-state index is 14.5. The van der Waals surface area contributed by atoms with E-state index >= 15 is 0 Å². The van der Waals surface area contributed by atoms with Crippen molar-refractivity contribution < 1.29 is 37.4 Å². The standard InChI is InChI=1S/C34H45F2N7O6/c1-20(25-12-9-16-42(25)7)46-26-19-27(47-22-14-17-43(21(18-22)13-15-37)32(45)48-33(2,3)4)40-30(39-26)29(38)41-49-31(44)34(5,6)28-23(35)10-8-11-24(28)36/h8,10-11,19-22,25H,9,12-14,16-18H2,1-7H3,(H2,38,41)/t20-,21+,22-,25-/m0/s1. The van der Waals surface area contributed by atoms with Crippen molar-refractivity contribution in [2.24, 2.45) is 10.9 Å². The van der Waals surface area contributed by atoms with E-state index in [2.05, 4.69) is 26.1 Å². The highest BCUT2D eigenvalue weighted by atomic mass is 19.1. The molecule has 0 saturated carbocycles. The van der Waals surface area contributed by atoms with Crippen molar-refractivity contribution in [1.29, 1.82) is 5.26 Å². The van der Waals surface area contributed by atoms with E-state index in [4.69, 9.17) is 24.8 Å². The van der Waals surface area contributed by atoms with E-state index in [-0.39, 0.29) is 42.7 Å². The quantitative estimate of drug-likeness (QED) is 0.158. The highest BCUT2D eigenvalue weighted by Crippen LogP contribution is 2.31. The summed E-state index contributed by atoms with van der Waals surface area (Å²) < 4.78 is 47.0. The van der Waals surface area contributed by atoms with Crippen molar-refractivity contribution in [1.82, 2.24) is 19.8 Å². The number of likely N-dealkylation sites (tertiary alicyclic amines) is 2. The van der Waals surface area contributed by atoms with Crippen LogP contribution >= 0.6 is 0 Å². The predicted molar refractivity (Wildman–Crippen MR) is 175 cm³/mol. The van der Waals surface area contributed by atoms with E-state index < -0.39 is 58.3 Å². The van der Waals surface area contributed by atoms with Gasteiger partial charge in [-0.05, 0) is 80.1 Å². The van der Waals surface area contributed by atoms with Crippen LogP contribution in [0.25, 0.3) is 0 Å². The summed E-state index contributed by atoms with van der Waals surface area (Å²) in [6, 6.07) is 6.60.